The minimum Gasteiger partial charge on any atom is -0.452 e. The quantitative estimate of drug-likeness (QED) is 0.607. The molecule has 0 aliphatic carbocycles. The number of hydrogen-bond donors (Lipinski definition) is 1. The van der Waals surface area contributed by atoms with E-state index in [0.29, 0.717) is 5.02 Å². The van der Waals surface area contributed by atoms with Crippen molar-refractivity contribution < 1.29 is 27.5 Å². The molecule has 2 aromatic carbocycles. The van der Waals surface area contributed by atoms with Gasteiger partial charge in [-0.2, -0.15) is 9.57 Å². The van der Waals surface area contributed by atoms with Gasteiger partial charge in [0.15, 0.2) is 6.61 Å². The number of nitriles is 1. The highest BCUT2D eigenvalue weighted by atomic mass is 35.5. The molecule has 12 heteroatoms. The van der Waals surface area contributed by atoms with Crippen molar-refractivity contribution >= 4 is 50.8 Å². The van der Waals surface area contributed by atoms with Crippen LogP contribution in [0.1, 0.15) is 15.9 Å². The topological polar surface area (TPSA) is 126 Å². The number of halogens is 2. The summed E-state index contributed by atoms with van der Waals surface area (Å²) < 4.78 is 37.0. The molecule has 1 N–H and O–H groups in total. The fourth-order valence-electron chi connectivity index (χ4n) is 2.87. The SMILES string of the molecule is N#Cc1ccc(Cl)cc1NC(=O)COC(=O)c1cc(S(=O)(=O)N2CCOCC2)ccc1Cl. The summed E-state index contributed by atoms with van der Waals surface area (Å²) in [4.78, 5) is 24.5. The van der Waals surface area contributed by atoms with Crippen molar-refractivity contribution in [3.63, 3.8) is 0 Å². The molecular formula is C20H17Cl2N3O6S. The normalized spacial score (nSPS) is 14.4. The number of morpholine rings is 1. The molecule has 2 aromatic rings. The number of nitrogens with one attached hydrogen (secondary N) is 1. The molecule has 1 saturated heterocycles. The summed E-state index contributed by atoms with van der Waals surface area (Å²) in [5, 5.41) is 11.8. The number of nitrogens with zero attached hydrogens (tertiary/aromatic N) is 2. The molecule has 32 heavy (non-hydrogen) atoms. The van der Waals surface area contributed by atoms with E-state index in [0.717, 1.165) is 6.07 Å². The largest absolute Gasteiger partial charge is 0.452 e. The Balaban J connectivity index is 1.70. The van der Waals surface area contributed by atoms with Crippen LogP contribution in [0.3, 0.4) is 0 Å². The van der Waals surface area contributed by atoms with Crippen LogP contribution < -0.4 is 5.32 Å². The molecule has 1 fully saturated rings. The molecule has 0 radical (unpaired) electrons. The number of rotatable bonds is 6. The number of benzene rings is 2. The second kappa shape index (κ2) is 10.3. The van der Waals surface area contributed by atoms with Crippen LogP contribution in [0.5, 0.6) is 0 Å². The molecule has 0 bridgehead atoms. The summed E-state index contributed by atoms with van der Waals surface area (Å²) in [6.07, 6.45) is 0. The first-order valence-corrected chi connectivity index (χ1v) is 11.5. The number of sulfonamides is 1. The first kappa shape index (κ1) is 24.0. The third-order valence-corrected chi connectivity index (χ3v) is 6.94. The van der Waals surface area contributed by atoms with Crippen molar-refractivity contribution in [3.05, 3.63) is 57.6 Å². The van der Waals surface area contributed by atoms with Gasteiger partial charge < -0.3 is 14.8 Å². The molecule has 0 unspecified atom stereocenters. The highest BCUT2D eigenvalue weighted by molar-refractivity contribution is 7.89. The molecule has 1 heterocycles. The van der Waals surface area contributed by atoms with E-state index in [2.05, 4.69) is 5.32 Å². The Morgan fingerprint density at radius 3 is 2.56 bits per heavy atom. The van der Waals surface area contributed by atoms with E-state index in [-0.39, 0.29) is 53.0 Å². The summed E-state index contributed by atoms with van der Waals surface area (Å²) in [5.41, 5.74) is 0.144. The Morgan fingerprint density at radius 2 is 1.88 bits per heavy atom. The number of carbonyl (C=O) groups excluding carboxylic acids is 2. The third-order valence-electron chi connectivity index (χ3n) is 4.48. The van der Waals surface area contributed by atoms with Crippen molar-refractivity contribution in [2.75, 3.05) is 38.2 Å². The van der Waals surface area contributed by atoms with Crippen molar-refractivity contribution in [3.8, 4) is 6.07 Å². The van der Waals surface area contributed by atoms with Gasteiger partial charge in [-0.05, 0) is 36.4 Å². The van der Waals surface area contributed by atoms with Gasteiger partial charge in [0.2, 0.25) is 10.0 Å². The Bertz CT molecular complexity index is 1190. The van der Waals surface area contributed by atoms with Crippen molar-refractivity contribution in [2.45, 2.75) is 4.90 Å². The molecule has 9 nitrogen and oxygen atoms in total. The van der Waals surface area contributed by atoms with E-state index >= 15 is 0 Å². The standard InChI is InChI=1S/C20H17Cl2N3O6S/c21-14-2-1-13(11-23)18(9-14)24-19(26)12-31-20(27)16-10-15(3-4-17(16)22)32(28,29)25-5-7-30-8-6-25/h1-4,9-10H,5-8,12H2,(H,24,26). The Morgan fingerprint density at radius 1 is 1.16 bits per heavy atom. The van der Waals surface area contributed by atoms with Gasteiger partial charge in [-0.1, -0.05) is 23.2 Å². The van der Waals surface area contributed by atoms with E-state index in [1.54, 1.807) is 0 Å². The molecule has 0 aromatic heterocycles. The molecule has 0 atom stereocenters. The summed E-state index contributed by atoms with van der Waals surface area (Å²) >= 11 is 11.9. The lowest BCUT2D eigenvalue weighted by molar-refractivity contribution is -0.119. The van der Waals surface area contributed by atoms with Crippen molar-refractivity contribution in [1.82, 2.24) is 4.31 Å². The van der Waals surface area contributed by atoms with Gasteiger partial charge in [0.05, 0.1) is 39.9 Å². The minimum absolute atomic E-state index is 0.0297. The zero-order valence-electron chi connectivity index (χ0n) is 16.5. The minimum atomic E-state index is -3.85. The molecular weight excluding hydrogens is 481 g/mol. The highest BCUT2D eigenvalue weighted by Gasteiger charge is 2.28. The van der Waals surface area contributed by atoms with Crippen LogP contribution in [0.25, 0.3) is 0 Å². The predicted molar refractivity (Wildman–Crippen MR) is 116 cm³/mol. The van der Waals surface area contributed by atoms with Crippen LogP contribution in [0.2, 0.25) is 10.0 Å². The lowest BCUT2D eigenvalue weighted by Gasteiger charge is -2.26. The maximum absolute atomic E-state index is 12.8. The van der Waals surface area contributed by atoms with E-state index in [4.69, 9.17) is 37.9 Å². The zero-order chi connectivity index (χ0) is 23.3. The van der Waals surface area contributed by atoms with Crippen LogP contribution in [-0.4, -0.2) is 57.5 Å². The average Bonchev–Trinajstić information content (AvgIpc) is 2.78. The second-order valence-electron chi connectivity index (χ2n) is 6.58. The van der Waals surface area contributed by atoms with Crippen LogP contribution in [0, 0.1) is 11.3 Å². The number of carbonyl (C=O) groups is 2. The first-order chi connectivity index (χ1) is 15.2. The lowest BCUT2D eigenvalue weighted by atomic mass is 10.2. The Hall–Kier alpha value is -2.68. The van der Waals surface area contributed by atoms with E-state index in [1.807, 2.05) is 6.07 Å². The number of hydrogen-bond acceptors (Lipinski definition) is 7. The Kier molecular flexibility index (Phi) is 7.71. The van der Waals surface area contributed by atoms with E-state index in [9.17, 15) is 18.0 Å². The van der Waals surface area contributed by atoms with Gasteiger partial charge >= 0.3 is 5.97 Å². The molecule has 0 spiro atoms. The van der Waals surface area contributed by atoms with E-state index < -0.39 is 28.5 Å². The first-order valence-electron chi connectivity index (χ1n) is 9.26. The molecule has 168 valence electrons. The lowest BCUT2D eigenvalue weighted by Crippen LogP contribution is -2.40. The molecule has 3 rings (SSSR count). The maximum Gasteiger partial charge on any atom is 0.340 e. The third kappa shape index (κ3) is 5.56. The number of esters is 1. The van der Waals surface area contributed by atoms with Gasteiger partial charge in [-0.3, -0.25) is 4.79 Å². The van der Waals surface area contributed by atoms with Crippen LogP contribution in [0.15, 0.2) is 41.3 Å². The van der Waals surface area contributed by atoms with Crippen LogP contribution in [0.4, 0.5) is 5.69 Å². The van der Waals surface area contributed by atoms with Crippen molar-refractivity contribution in [2.24, 2.45) is 0 Å². The molecule has 1 amide bonds. The maximum atomic E-state index is 12.8. The summed E-state index contributed by atoms with van der Waals surface area (Å²) in [7, 11) is -3.85. The van der Waals surface area contributed by atoms with Crippen molar-refractivity contribution in [1.29, 1.82) is 5.26 Å². The number of anilines is 1. The van der Waals surface area contributed by atoms with Gasteiger partial charge in [-0.25, -0.2) is 13.2 Å². The average molecular weight is 498 g/mol. The summed E-state index contributed by atoms with van der Waals surface area (Å²) in [6, 6.07) is 9.90. The smallest absolute Gasteiger partial charge is 0.340 e. The van der Waals surface area contributed by atoms with Crippen LogP contribution in [-0.2, 0) is 24.3 Å². The fraction of sp³-hybridized carbons (Fsp3) is 0.250. The second-order valence-corrected chi connectivity index (χ2v) is 9.37. The molecule has 1 aliphatic rings. The molecule has 0 saturated carbocycles. The van der Waals surface area contributed by atoms with Gasteiger partial charge in [0.25, 0.3) is 5.91 Å². The van der Waals surface area contributed by atoms with Gasteiger partial charge in [-0.15, -0.1) is 0 Å². The summed E-state index contributed by atoms with van der Waals surface area (Å²) in [6.45, 7) is 0.249. The number of ether oxygens (including phenoxy) is 2. The van der Waals surface area contributed by atoms with E-state index in [1.165, 1.54) is 34.6 Å². The Labute approximate surface area is 194 Å². The van der Waals surface area contributed by atoms with Crippen LogP contribution >= 0.6 is 23.2 Å². The highest BCUT2D eigenvalue weighted by Crippen LogP contribution is 2.24. The predicted octanol–water partition coefficient (Wildman–Crippen LogP) is 2.68. The fourth-order valence-corrected chi connectivity index (χ4v) is 4.67. The summed E-state index contributed by atoms with van der Waals surface area (Å²) in [5.74, 6) is -1.69. The zero-order valence-corrected chi connectivity index (χ0v) is 18.8. The number of amides is 1. The van der Waals surface area contributed by atoms with Gasteiger partial charge in [0, 0.05) is 18.1 Å². The van der Waals surface area contributed by atoms with Gasteiger partial charge in [0.1, 0.15) is 6.07 Å². The monoisotopic (exact) mass is 497 g/mol. The molecule has 1 aliphatic heterocycles.